The molecular weight excluding hydrogens is 432 g/mol. The van der Waals surface area contributed by atoms with E-state index in [2.05, 4.69) is 29.6 Å². The van der Waals surface area contributed by atoms with Gasteiger partial charge in [-0.2, -0.15) is 0 Å². The van der Waals surface area contributed by atoms with Gasteiger partial charge in [0.2, 0.25) is 5.91 Å². The van der Waals surface area contributed by atoms with Crippen molar-refractivity contribution in [2.75, 3.05) is 13.2 Å². The summed E-state index contributed by atoms with van der Waals surface area (Å²) in [7, 11) is 0. The average Bonchev–Trinajstić information content (AvgIpc) is 3.35. The number of rotatable bonds is 7. The molecule has 1 aliphatic carbocycles. The predicted molar refractivity (Wildman–Crippen MR) is 129 cm³/mol. The number of carbonyl (C=O) groups is 3. The SMILES string of the molecule is CC(C)(CCC(=O)N1CCC[C@@]1(C)C(=O)O)NC(=O)OCC1c2ccccc2-c2ccccc21. The highest BCUT2D eigenvalue weighted by Crippen LogP contribution is 2.44. The number of alkyl carbamates (subject to hydrolysis) is 1. The Labute approximate surface area is 200 Å². The Bertz CT molecular complexity index is 1070. The monoisotopic (exact) mass is 464 g/mol. The molecule has 1 fully saturated rings. The van der Waals surface area contributed by atoms with Crippen LogP contribution in [-0.4, -0.2) is 52.2 Å². The lowest BCUT2D eigenvalue weighted by atomic mass is 9.96. The molecule has 0 aromatic heterocycles. The lowest BCUT2D eigenvalue weighted by Crippen LogP contribution is -2.51. The Morgan fingerprint density at radius 2 is 1.68 bits per heavy atom. The van der Waals surface area contributed by atoms with Crippen LogP contribution in [-0.2, 0) is 14.3 Å². The molecule has 1 atom stereocenters. The highest BCUT2D eigenvalue weighted by atomic mass is 16.5. The highest BCUT2D eigenvalue weighted by molar-refractivity contribution is 5.87. The first-order valence-electron chi connectivity index (χ1n) is 11.8. The van der Waals surface area contributed by atoms with Crippen LogP contribution in [0.15, 0.2) is 48.5 Å². The fourth-order valence-electron chi connectivity index (χ4n) is 5.11. The van der Waals surface area contributed by atoms with Crippen molar-refractivity contribution in [2.24, 2.45) is 0 Å². The number of hydrogen-bond acceptors (Lipinski definition) is 4. The van der Waals surface area contributed by atoms with Crippen LogP contribution in [0.5, 0.6) is 0 Å². The standard InChI is InChI=1S/C27H32N2O5/c1-26(2,15-13-23(30)29-16-8-14-27(29,3)24(31)32)28-25(33)34-17-22-20-11-6-4-9-18(20)19-10-5-7-12-21(19)22/h4-7,9-12,22H,8,13-17H2,1-3H3,(H,28,33)(H,31,32)/t27-/m0/s1. The number of benzene rings is 2. The van der Waals surface area contributed by atoms with Gasteiger partial charge in [0.1, 0.15) is 12.1 Å². The van der Waals surface area contributed by atoms with E-state index in [1.165, 1.54) is 16.0 Å². The Morgan fingerprint density at radius 3 is 2.26 bits per heavy atom. The van der Waals surface area contributed by atoms with Crippen LogP contribution >= 0.6 is 0 Å². The van der Waals surface area contributed by atoms with Crippen LogP contribution in [0.25, 0.3) is 11.1 Å². The molecular formula is C27H32N2O5. The minimum Gasteiger partial charge on any atom is -0.480 e. The molecule has 0 bridgehead atoms. The minimum absolute atomic E-state index is 0.0216. The largest absolute Gasteiger partial charge is 0.480 e. The van der Waals surface area contributed by atoms with Gasteiger partial charge in [-0.25, -0.2) is 9.59 Å². The van der Waals surface area contributed by atoms with Crippen molar-refractivity contribution in [3.8, 4) is 11.1 Å². The summed E-state index contributed by atoms with van der Waals surface area (Å²) in [5, 5.41) is 12.4. The normalized spacial score (nSPS) is 19.4. The maximum absolute atomic E-state index is 12.7. The highest BCUT2D eigenvalue weighted by Gasteiger charge is 2.45. The molecule has 7 nitrogen and oxygen atoms in total. The van der Waals surface area contributed by atoms with E-state index in [1.807, 2.05) is 38.1 Å². The third-order valence-corrected chi connectivity index (χ3v) is 7.15. The topological polar surface area (TPSA) is 95.9 Å². The van der Waals surface area contributed by atoms with Gasteiger partial charge < -0.3 is 20.1 Å². The zero-order valence-electron chi connectivity index (χ0n) is 20.0. The maximum atomic E-state index is 12.7. The van der Waals surface area contributed by atoms with Gasteiger partial charge >= 0.3 is 12.1 Å². The molecule has 1 heterocycles. The summed E-state index contributed by atoms with van der Waals surface area (Å²) in [6, 6.07) is 16.3. The number of likely N-dealkylation sites (tertiary alicyclic amines) is 1. The van der Waals surface area contributed by atoms with Crippen molar-refractivity contribution in [3.05, 3.63) is 59.7 Å². The summed E-state index contributed by atoms with van der Waals surface area (Å²) in [6.45, 7) is 5.94. The first-order valence-corrected chi connectivity index (χ1v) is 11.8. The quantitative estimate of drug-likeness (QED) is 0.627. The van der Waals surface area contributed by atoms with Crippen molar-refractivity contribution in [2.45, 2.75) is 63.5 Å². The van der Waals surface area contributed by atoms with E-state index in [-0.39, 0.29) is 24.9 Å². The Hall–Kier alpha value is -3.35. The second-order valence-electron chi connectivity index (χ2n) is 10.1. The number of hydrogen-bond donors (Lipinski definition) is 2. The van der Waals surface area contributed by atoms with E-state index in [0.29, 0.717) is 25.8 Å². The van der Waals surface area contributed by atoms with Crippen LogP contribution in [0, 0.1) is 0 Å². The van der Waals surface area contributed by atoms with Gasteiger partial charge in [-0.05, 0) is 62.3 Å². The van der Waals surface area contributed by atoms with E-state index in [4.69, 9.17) is 4.74 Å². The molecule has 2 aromatic carbocycles. The van der Waals surface area contributed by atoms with Crippen molar-refractivity contribution < 1.29 is 24.2 Å². The molecule has 0 radical (unpaired) electrons. The van der Waals surface area contributed by atoms with Gasteiger partial charge in [0.05, 0.1) is 0 Å². The Kier molecular flexibility index (Phi) is 6.39. The van der Waals surface area contributed by atoms with E-state index in [0.717, 1.165) is 11.1 Å². The van der Waals surface area contributed by atoms with Crippen molar-refractivity contribution in [3.63, 3.8) is 0 Å². The number of nitrogens with zero attached hydrogens (tertiary/aromatic N) is 1. The molecule has 1 saturated heterocycles. The van der Waals surface area contributed by atoms with Gasteiger partial charge in [-0.15, -0.1) is 0 Å². The number of fused-ring (bicyclic) bond motifs is 3. The molecule has 2 N–H and O–H groups in total. The van der Waals surface area contributed by atoms with E-state index >= 15 is 0 Å². The van der Waals surface area contributed by atoms with Crippen LogP contribution in [0.3, 0.4) is 0 Å². The van der Waals surface area contributed by atoms with Crippen LogP contribution in [0.2, 0.25) is 0 Å². The summed E-state index contributed by atoms with van der Waals surface area (Å²) < 4.78 is 5.62. The van der Waals surface area contributed by atoms with Crippen molar-refractivity contribution in [1.82, 2.24) is 10.2 Å². The minimum atomic E-state index is -1.15. The third kappa shape index (κ3) is 4.52. The average molecular weight is 465 g/mol. The maximum Gasteiger partial charge on any atom is 0.407 e. The summed E-state index contributed by atoms with van der Waals surface area (Å²) in [6.07, 6.45) is 1.13. The molecule has 4 rings (SSSR count). The molecule has 2 amide bonds. The molecule has 7 heteroatoms. The van der Waals surface area contributed by atoms with Crippen LogP contribution in [0.4, 0.5) is 4.79 Å². The van der Waals surface area contributed by atoms with Gasteiger partial charge in [0.25, 0.3) is 0 Å². The third-order valence-electron chi connectivity index (χ3n) is 7.15. The number of amides is 2. The molecule has 0 unspecified atom stereocenters. The van der Waals surface area contributed by atoms with Gasteiger partial charge in [0, 0.05) is 24.4 Å². The summed E-state index contributed by atoms with van der Waals surface area (Å²) >= 11 is 0. The summed E-state index contributed by atoms with van der Waals surface area (Å²) in [5.41, 5.74) is 2.79. The summed E-state index contributed by atoms with van der Waals surface area (Å²) in [4.78, 5) is 38.5. The first kappa shape index (κ1) is 23.8. The van der Waals surface area contributed by atoms with Gasteiger partial charge in [-0.3, -0.25) is 4.79 Å². The summed E-state index contributed by atoms with van der Waals surface area (Å²) in [5.74, 6) is -1.20. The second kappa shape index (κ2) is 9.12. The lowest BCUT2D eigenvalue weighted by molar-refractivity contribution is -0.155. The van der Waals surface area contributed by atoms with E-state index < -0.39 is 23.1 Å². The fourth-order valence-corrected chi connectivity index (χ4v) is 5.11. The van der Waals surface area contributed by atoms with E-state index in [1.54, 1.807) is 6.92 Å². The van der Waals surface area contributed by atoms with E-state index in [9.17, 15) is 19.5 Å². The first-order chi connectivity index (χ1) is 16.1. The molecule has 1 aliphatic heterocycles. The Balaban J connectivity index is 1.33. The van der Waals surface area contributed by atoms with Crippen molar-refractivity contribution in [1.29, 1.82) is 0 Å². The second-order valence-corrected chi connectivity index (χ2v) is 10.1. The number of carbonyl (C=O) groups excluding carboxylic acids is 2. The van der Waals surface area contributed by atoms with Crippen LogP contribution < -0.4 is 5.32 Å². The predicted octanol–water partition coefficient (Wildman–Crippen LogP) is 4.55. The fraction of sp³-hybridized carbons (Fsp3) is 0.444. The van der Waals surface area contributed by atoms with Crippen molar-refractivity contribution >= 4 is 18.0 Å². The molecule has 180 valence electrons. The van der Waals surface area contributed by atoms with Gasteiger partial charge in [-0.1, -0.05) is 48.5 Å². The molecule has 2 aromatic rings. The van der Waals surface area contributed by atoms with Gasteiger partial charge in [0.15, 0.2) is 0 Å². The molecule has 2 aliphatic rings. The smallest absolute Gasteiger partial charge is 0.407 e. The number of ether oxygens (including phenoxy) is 1. The number of carboxylic acid groups (broad SMARTS) is 1. The molecule has 34 heavy (non-hydrogen) atoms. The number of carboxylic acids is 1. The number of nitrogens with one attached hydrogen (secondary N) is 1. The van der Waals surface area contributed by atoms with Crippen LogP contribution in [0.1, 0.15) is 63.5 Å². The number of aliphatic carboxylic acids is 1. The Morgan fingerprint density at radius 1 is 1.09 bits per heavy atom. The molecule has 0 spiro atoms. The zero-order valence-corrected chi connectivity index (χ0v) is 20.0. The zero-order chi connectivity index (χ0) is 24.5. The molecule has 0 saturated carbocycles. The lowest BCUT2D eigenvalue weighted by Gasteiger charge is -2.33.